The highest BCUT2D eigenvalue weighted by atomic mass is 32.2. The fourth-order valence-electron chi connectivity index (χ4n) is 2.05. The summed E-state index contributed by atoms with van der Waals surface area (Å²) in [6, 6.07) is 2.58. The normalized spacial score (nSPS) is 19.0. The van der Waals surface area contributed by atoms with Gasteiger partial charge in [0.05, 0.1) is 22.9 Å². The van der Waals surface area contributed by atoms with Crippen molar-refractivity contribution in [1.82, 2.24) is 0 Å². The first-order valence-electron chi connectivity index (χ1n) is 6.98. The van der Waals surface area contributed by atoms with Crippen LogP contribution in [0, 0.1) is 11.6 Å². The quantitative estimate of drug-likeness (QED) is 0.751. The van der Waals surface area contributed by atoms with E-state index in [2.05, 4.69) is 5.32 Å². The molecule has 10 heteroatoms. The zero-order valence-corrected chi connectivity index (χ0v) is 14.1. The number of ether oxygens (including phenoxy) is 1. The number of anilines is 1. The monoisotopic (exact) mass is 379 g/mol. The Morgan fingerprint density at radius 2 is 2.08 bits per heavy atom. The SMILES string of the molecule is O=C(COC(=O)CS[C@H]1CCS(=O)(=O)C1)Nc1cc(F)ccc1F. The van der Waals surface area contributed by atoms with Crippen molar-refractivity contribution in [2.45, 2.75) is 11.7 Å². The largest absolute Gasteiger partial charge is 0.455 e. The third kappa shape index (κ3) is 5.75. The van der Waals surface area contributed by atoms with Gasteiger partial charge in [-0.15, -0.1) is 11.8 Å². The minimum atomic E-state index is -3.01. The van der Waals surface area contributed by atoms with Gasteiger partial charge in [0, 0.05) is 11.3 Å². The van der Waals surface area contributed by atoms with Crippen LogP contribution < -0.4 is 5.32 Å². The molecule has 1 heterocycles. The number of benzene rings is 1. The summed E-state index contributed by atoms with van der Waals surface area (Å²) in [6.07, 6.45) is 0.486. The van der Waals surface area contributed by atoms with Gasteiger partial charge >= 0.3 is 5.97 Å². The first-order valence-corrected chi connectivity index (χ1v) is 9.85. The molecule has 1 fully saturated rings. The molecule has 1 N–H and O–H groups in total. The van der Waals surface area contributed by atoms with Crippen molar-refractivity contribution < 1.29 is 31.5 Å². The van der Waals surface area contributed by atoms with Crippen molar-refractivity contribution in [1.29, 1.82) is 0 Å². The molecule has 1 aliphatic rings. The maximum atomic E-state index is 13.3. The van der Waals surface area contributed by atoms with Crippen molar-refractivity contribution in [2.24, 2.45) is 0 Å². The van der Waals surface area contributed by atoms with Crippen LogP contribution in [0.25, 0.3) is 0 Å². The lowest BCUT2D eigenvalue weighted by molar-refractivity contribution is -0.144. The van der Waals surface area contributed by atoms with Gasteiger partial charge in [0.25, 0.3) is 5.91 Å². The molecule has 0 bridgehead atoms. The predicted molar refractivity (Wildman–Crippen MR) is 85.5 cm³/mol. The fraction of sp³-hybridized carbons (Fsp3) is 0.429. The smallest absolute Gasteiger partial charge is 0.316 e. The summed E-state index contributed by atoms with van der Waals surface area (Å²) in [7, 11) is -3.01. The van der Waals surface area contributed by atoms with E-state index in [0.29, 0.717) is 6.42 Å². The minimum absolute atomic E-state index is 0.0320. The van der Waals surface area contributed by atoms with E-state index >= 15 is 0 Å². The van der Waals surface area contributed by atoms with E-state index in [9.17, 15) is 26.8 Å². The number of hydrogen-bond donors (Lipinski definition) is 1. The van der Waals surface area contributed by atoms with Gasteiger partial charge in [-0.25, -0.2) is 17.2 Å². The third-order valence-corrected chi connectivity index (χ3v) is 6.45. The first kappa shape index (κ1) is 18.7. The Hall–Kier alpha value is -1.68. The molecule has 2 rings (SSSR count). The summed E-state index contributed by atoms with van der Waals surface area (Å²) in [5, 5.41) is 1.94. The number of halogens is 2. The van der Waals surface area contributed by atoms with Crippen LogP contribution in [0.2, 0.25) is 0 Å². The molecule has 1 aromatic rings. The first-order chi connectivity index (χ1) is 11.2. The molecule has 24 heavy (non-hydrogen) atoms. The molecule has 132 valence electrons. The van der Waals surface area contributed by atoms with E-state index in [4.69, 9.17) is 4.74 Å². The molecule has 1 amide bonds. The van der Waals surface area contributed by atoms with Crippen LogP contribution in [0.15, 0.2) is 18.2 Å². The van der Waals surface area contributed by atoms with Gasteiger partial charge in [-0.2, -0.15) is 0 Å². The van der Waals surface area contributed by atoms with Crippen LogP contribution in [0.5, 0.6) is 0 Å². The molecule has 0 spiro atoms. The second-order valence-corrected chi connectivity index (χ2v) is 8.69. The Morgan fingerprint density at radius 3 is 2.75 bits per heavy atom. The lowest BCUT2D eigenvalue weighted by Gasteiger charge is -2.09. The van der Waals surface area contributed by atoms with E-state index in [0.717, 1.165) is 30.0 Å². The fourth-order valence-corrected chi connectivity index (χ4v) is 5.48. The highest BCUT2D eigenvalue weighted by Gasteiger charge is 2.28. The number of sulfone groups is 1. The molecule has 1 saturated heterocycles. The number of esters is 1. The standard InChI is InChI=1S/C14H15F2NO5S2/c15-9-1-2-11(16)12(5-9)17-13(18)6-22-14(19)7-23-10-3-4-24(20,21)8-10/h1-2,5,10H,3-4,6-8H2,(H,17,18)/t10-/m0/s1. The van der Waals surface area contributed by atoms with Crippen molar-refractivity contribution in [3.05, 3.63) is 29.8 Å². The van der Waals surface area contributed by atoms with Gasteiger partial charge in [-0.05, 0) is 18.6 Å². The Morgan fingerprint density at radius 1 is 1.33 bits per heavy atom. The lowest BCUT2D eigenvalue weighted by Crippen LogP contribution is -2.22. The molecule has 0 aromatic heterocycles. The Kier molecular flexibility index (Phi) is 6.16. The molecule has 0 unspecified atom stereocenters. The number of amides is 1. The number of hydrogen-bond acceptors (Lipinski definition) is 6. The summed E-state index contributed by atoms with van der Waals surface area (Å²) in [6.45, 7) is -0.641. The Bertz CT molecular complexity index is 739. The van der Waals surface area contributed by atoms with E-state index < -0.39 is 40.0 Å². The minimum Gasteiger partial charge on any atom is -0.455 e. The molecule has 1 atom stereocenters. The highest BCUT2D eigenvalue weighted by molar-refractivity contribution is 8.02. The van der Waals surface area contributed by atoms with Crippen LogP contribution >= 0.6 is 11.8 Å². The number of rotatable bonds is 6. The summed E-state index contributed by atoms with van der Waals surface area (Å²) < 4.78 is 53.6. The molecule has 0 aliphatic carbocycles. The van der Waals surface area contributed by atoms with Crippen LogP contribution in [-0.2, 0) is 24.2 Å². The van der Waals surface area contributed by atoms with Crippen LogP contribution in [0.3, 0.4) is 0 Å². The van der Waals surface area contributed by atoms with Gasteiger partial charge in [-0.3, -0.25) is 9.59 Å². The maximum Gasteiger partial charge on any atom is 0.316 e. The average Bonchev–Trinajstić information content (AvgIpc) is 2.86. The van der Waals surface area contributed by atoms with Crippen LogP contribution in [-0.4, -0.2) is 49.4 Å². The highest BCUT2D eigenvalue weighted by Crippen LogP contribution is 2.24. The average molecular weight is 379 g/mol. The number of thioether (sulfide) groups is 1. The summed E-state index contributed by atoms with van der Waals surface area (Å²) in [5.74, 6) is -2.95. The molecular formula is C14H15F2NO5S2. The van der Waals surface area contributed by atoms with Crippen molar-refractivity contribution in [3.63, 3.8) is 0 Å². The van der Waals surface area contributed by atoms with E-state index in [1.54, 1.807) is 0 Å². The van der Waals surface area contributed by atoms with Gasteiger partial charge in [-0.1, -0.05) is 0 Å². The van der Waals surface area contributed by atoms with Gasteiger partial charge in [0.1, 0.15) is 11.6 Å². The number of nitrogens with one attached hydrogen (secondary N) is 1. The molecule has 0 radical (unpaired) electrons. The topological polar surface area (TPSA) is 89.5 Å². The van der Waals surface area contributed by atoms with E-state index in [1.165, 1.54) is 0 Å². The van der Waals surface area contributed by atoms with Crippen LogP contribution in [0.4, 0.5) is 14.5 Å². The van der Waals surface area contributed by atoms with Crippen molar-refractivity contribution in [3.8, 4) is 0 Å². The van der Waals surface area contributed by atoms with Gasteiger partial charge in [0.15, 0.2) is 16.4 Å². The second-order valence-electron chi connectivity index (χ2n) is 5.17. The Labute approximate surface area is 141 Å². The summed E-state index contributed by atoms with van der Waals surface area (Å²) >= 11 is 1.16. The zero-order valence-electron chi connectivity index (χ0n) is 12.5. The zero-order chi connectivity index (χ0) is 17.7. The summed E-state index contributed by atoms with van der Waals surface area (Å²) in [4.78, 5) is 23.1. The van der Waals surface area contributed by atoms with Gasteiger partial charge < -0.3 is 10.1 Å². The summed E-state index contributed by atoms with van der Waals surface area (Å²) in [5.41, 5.74) is -0.346. The molecule has 6 nitrogen and oxygen atoms in total. The van der Waals surface area contributed by atoms with E-state index in [-0.39, 0.29) is 28.2 Å². The van der Waals surface area contributed by atoms with Crippen molar-refractivity contribution in [2.75, 3.05) is 29.2 Å². The lowest BCUT2D eigenvalue weighted by atomic mass is 10.3. The molecule has 1 aliphatic heterocycles. The Balaban J connectivity index is 1.71. The second kappa shape index (κ2) is 7.93. The molecule has 1 aromatic carbocycles. The molecule has 0 saturated carbocycles. The van der Waals surface area contributed by atoms with Crippen LogP contribution in [0.1, 0.15) is 6.42 Å². The van der Waals surface area contributed by atoms with E-state index in [1.807, 2.05) is 0 Å². The van der Waals surface area contributed by atoms with Crippen molar-refractivity contribution >= 4 is 39.2 Å². The molecular weight excluding hydrogens is 364 g/mol. The number of carbonyl (C=O) groups is 2. The predicted octanol–water partition coefficient (Wildman–Crippen LogP) is 1.37. The maximum absolute atomic E-state index is 13.3. The third-order valence-electron chi connectivity index (χ3n) is 3.19. The van der Waals surface area contributed by atoms with Gasteiger partial charge in [0.2, 0.25) is 0 Å². The number of carbonyl (C=O) groups excluding carboxylic acids is 2.